The number of aryl methyl sites for hydroxylation is 1. The lowest BCUT2D eigenvalue weighted by Crippen LogP contribution is -2.27. The lowest BCUT2D eigenvalue weighted by molar-refractivity contribution is 0.0939. The van der Waals surface area contributed by atoms with E-state index in [2.05, 4.69) is 20.7 Å². The zero-order valence-corrected chi connectivity index (χ0v) is 15.8. The lowest BCUT2D eigenvalue weighted by atomic mass is 10.1. The normalized spacial score (nSPS) is 13.4. The Morgan fingerprint density at radius 1 is 1.20 bits per heavy atom. The van der Waals surface area contributed by atoms with Crippen LogP contribution in [0.5, 0.6) is 0 Å². The number of nitrogen functional groups attached to an aromatic ring is 1. The number of nitrogens with one attached hydrogen (secondary N) is 2. The number of rotatable bonds is 4. The highest BCUT2D eigenvalue weighted by Gasteiger charge is 2.24. The van der Waals surface area contributed by atoms with Crippen molar-refractivity contribution < 1.29 is 18.4 Å². The summed E-state index contributed by atoms with van der Waals surface area (Å²) in [6.45, 7) is 2.57. The van der Waals surface area contributed by atoms with Crippen LogP contribution in [0.1, 0.15) is 15.9 Å². The van der Waals surface area contributed by atoms with Gasteiger partial charge in [0, 0.05) is 24.5 Å². The molecule has 0 radical (unpaired) electrons. The largest absolute Gasteiger partial charge is 0.368 e. The topological polar surface area (TPSA) is 118 Å². The summed E-state index contributed by atoms with van der Waals surface area (Å²) in [6, 6.07) is 8.92. The first-order valence-corrected chi connectivity index (χ1v) is 8.99. The Morgan fingerprint density at radius 3 is 2.60 bits per heavy atom. The van der Waals surface area contributed by atoms with E-state index in [0.717, 1.165) is 6.07 Å². The third kappa shape index (κ3) is 3.41. The average Bonchev–Trinajstić information content (AvgIpc) is 3.31. The van der Waals surface area contributed by atoms with Crippen LogP contribution in [0.4, 0.5) is 36.8 Å². The van der Waals surface area contributed by atoms with Gasteiger partial charge in [0.25, 0.3) is 5.91 Å². The Kier molecular flexibility index (Phi) is 4.78. The molecule has 0 bridgehead atoms. The van der Waals surface area contributed by atoms with Gasteiger partial charge in [-0.3, -0.25) is 9.69 Å². The van der Waals surface area contributed by atoms with Crippen LogP contribution < -0.4 is 21.3 Å². The van der Waals surface area contributed by atoms with E-state index in [9.17, 15) is 18.4 Å². The van der Waals surface area contributed by atoms with Crippen molar-refractivity contribution in [2.24, 2.45) is 0 Å². The zero-order chi connectivity index (χ0) is 21.4. The van der Waals surface area contributed by atoms with Crippen LogP contribution in [0.15, 0.2) is 36.4 Å². The van der Waals surface area contributed by atoms with E-state index < -0.39 is 23.1 Å². The summed E-state index contributed by atoms with van der Waals surface area (Å²) < 4.78 is 28.9. The summed E-state index contributed by atoms with van der Waals surface area (Å²) in [7, 11) is 0. The molecule has 1 aromatic heterocycles. The molecule has 0 atom stereocenters. The minimum atomic E-state index is -1.07. The molecule has 4 rings (SSSR count). The van der Waals surface area contributed by atoms with E-state index >= 15 is 0 Å². The van der Waals surface area contributed by atoms with Gasteiger partial charge in [-0.25, -0.2) is 13.6 Å². The number of anilines is 4. The van der Waals surface area contributed by atoms with Crippen LogP contribution >= 0.6 is 0 Å². The summed E-state index contributed by atoms with van der Waals surface area (Å²) in [6.07, 6.45) is 0. The molecule has 1 aliphatic rings. The number of carbonyl (C=O) groups excluding carboxylic acids is 2. The van der Waals surface area contributed by atoms with Crippen molar-refractivity contribution in [1.82, 2.24) is 20.1 Å². The van der Waals surface area contributed by atoms with Crippen LogP contribution in [-0.2, 0) is 0 Å². The molecule has 2 heterocycles. The predicted molar refractivity (Wildman–Crippen MR) is 106 cm³/mol. The number of nitrogens with two attached hydrogens (primary N) is 1. The number of hydrogen-bond donors (Lipinski definition) is 3. The fourth-order valence-electron chi connectivity index (χ4n) is 3.06. The van der Waals surface area contributed by atoms with Gasteiger partial charge in [-0.05, 0) is 42.8 Å². The molecule has 11 heteroatoms. The fourth-order valence-corrected chi connectivity index (χ4v) is 3.06. The molecule has 1 aliphatic heterocycles. The number of urea groups is 1. The van der Waals surface area contributed by atoms with Gasteiger partial charge in [0.1, 0.15) is 17.2 Å². The molecule has 0 unspecified atom stereocenters. The number of hydrogen-bond acceptors (Lipinski definition) is 6. The second-order valence-corrected chi connectivity index (χ2v) is 6.62. The van der Waals surface area contributed by atoms with Crippen LogP contribution in [0, 0.1) is 18.6 Å². The van der Waals surface area contributed by atoms with E-state index in [1.54, 1.807) is 29.2 Å². The number of carbonyl (C=O) groups is 2. The van der Waals surface area contributed by atoms with E-state index in [1.807, 2.05) is 0 Å². The summed E-state index contributed by atoms with van der Waals surface area (Å²) in [4.78, 5) is 29.8. The molecular formula is C19H17F2N7O2. The highest BCUT2D eigenvalue weighted by molar-refractivity contribution is 5.97. The number of amides is 2. The SMILES string of the molecule is Cc1ccc(F)c(C(=O)n2nc(Nc3ccc(N4CCNC4=O)cc3)nc2N)c1F. The molecule has 3 aromatic rings. The molecule has 2 aromatic carbocycles. The Balaban J connectivity index is 1.55. The van der Waals surface area contributed by atoms with Gasteiger partial charge in [0.05, 0.1) is 0 Å². The smallest absolute Gasteiger partial charge is 0.321 e. The van der Waals surface area contributed by atoms with E-state index in [-0.39, 0.29) is 23.5 Å². The summed E-state index contributed by atoms with van der Waals surface area (Å²) in [5, 5.41) is 9.49. The lowest BCUT2D eigenvalue weighted by Gasteiger charge is -2.14. The van der Waals surface area contributed by atoms with Gasteiger partial charge in [-0.15, -0.1) is 5.10 Å². The molecule has 0 aliphatic carbocycles. The Morgan fingerprint density at radius 2 is 1.93 bits per heavy atom. The van der Waals surface area contributed by atoms with Gasteiger partial charge >= 0.3 is 6.03 Å². The maximum Gasteiger partial charge on any atom is 0.321 e. The number of aromatic nitrogens is 3. The third-order valence-electron chi connectivity index (χ3n) is 4.61. The molecule has 1 fully saturated rings. The Hall–Kier alpha value is -4.02. The van der Waals surface area contributed by atoms with Gasteiger partial charge in [0.2, 0.25) is 11.9 Å². The third-order valence-corrected chi connectivity index (χ3v) is 4.61. The second-order valence-electron chi connectivity index (χ2n) is 6.62. The maximum atomic E-state index is 14.3. The van der Waals surface area contributed by atoms with Gasteiger partial charge in [0.15, 0.2) is 0 Å². The monoisotopic (exact) mass is 413 g/mol. The molecule has 9 nitrogen and oxygen atoms in total. The van der Waals surface area contributed by atoms with Gasteiger partial charge in [-0.2, -0.15) is 9.67 Å². The van der Waals surface area contributed by atoms with Crippen LogP contribution in [0.25, 0.3) is 0 Å². The molecule has 0 saturated carbocycles. The van der Waals surface area contributed by atoms with E-state index in [0.29, 0.717) is 29.1 Å². The predicted octanol–water partition coefficient (Wildman–Crippen LogP) is 2.41. The van der Waals surface area contributed by atoms with Crippen molar-refractivity contribution in [1.29, 1.82) is 0 Å². The summed E-state index contributed by atoms with van der Waals surface area (Å²) in [5.74, 6) is -3.42. The van der Waals surface area contributed by atoms with E-state index in [1.165, 1.54) is 13.0 Å². The average molecular weight is 413 g/mol. The first kappa shape index (κ1) is 19.3. The molecule has 4 N–H and O–H groups in total. The van der Waals surface area contributed by atoms with Crippen molar-refractivity contribution in [3.63, 3.8) is 0 Å². The van der Waals surface area contributed by atoms with Crippen LogP contribution in [0.2, 0.25) is 0 Å². The molecule has 30 heavy (non-hydrogen) atoms. The Labute approximate surface area is 169 Å². The van der Waals surface area contributed by atoms with Gasteiger partial charge < -0.3 is 16.4 Å². The highest BCUT2D eigenvalue weighted by atomic mass is 19.1. The van der Waals surface area contributed by atoms with Crippen molar-refractivity contribution in [3.05, 3.63) is 59.2 Å². The summed E-state index contributed by atoms with van der Waals surface area (Å²) in [5.41, 5.74) is 6.36. The number of nitrogens with zero attached hydrogens (tertiary/aromatic N) is 4. The summed E-state index contributed by atoms with van der Waals surface area (Å²) >= 11 is 0. The van der Waals surface area contributed by atoms with Crippen molar-refractivity contribution >= 4 is 35.2 Å². The molecule has 0 spiro atoms. The van der Waals surface area contributed by atoms with Gasteiger partial charge in [-0.1, -0.05) is 6.07 Å². The minimum absolute atomic E-state index is 0.0269. The standard InChI is InChI=1S/C19H17F2N7O2/c1-10-2-7-13(20)14(15(10)21)16(29)28-17(22)25-18(26-28)24-11-3-5-12(6-4-11)27-9-8-23-19(27)30/h2-7H,8-9H2,1H3,(H,23,30)(H3,22,24,25,26). The molecular weight excluding hydrogens is 396 g/mol. The van der Waals surface area contributed by atoms with E-state index in [4.69, 9.17) is 5.73 Å². The van der Waals surface area contributed by atoms with Crippen molar-refractivity contribution in [2.45, 2.75) is 6.92 Å². The Bertz CT molecular complexity index is 1140. The van der Waals surface area contributed by atoms with Crippen LogP contribution in [0.3, 0.4) is 0 Å². The molecule has 2 amide bonds. The first-order chi connectivity index (χ1) is 14.3. The quantitative estimate of drug-likeness (QED) is 0.605. The molecule has 1 saturated heterocycles. The highest BCUT2D eigenvalue weighted by Crippen LogP contribution is 2.23. The maximum absolute atomic E-state index is 14.3. The van der Waals surface area contributed by atoms with Crippen molar-refractivity contribution in [2.75, 3.05) is 29.0 Å². The van der Waals surface area contributed by atoms with Crippen LogP contribution in [-0.4, -0.2) is 39.8 Å². The fraction of sp³-hybridized carbons (Fsp3) is 0.158. The number of halogens is 2. The first-order valence-electron chi connectivity index (χ1n) is 8.99. The van der Waals surface area contributed by atoms with Crippen molar-refractivity contribution in [3.8, 4) is 0 Å². The zero-order valence-electron chi connectivity index (χ0n) is 15.8. The minimum Gasteiger partial charge on any atom is -0.368 e. The number of benzene rings is 2. The molecule has 154 valence electrons. The second kappa shape index (κ2) is 7.43.